The van der Waals surface area contributed by atoms with Crippen molar-refractivity contribution < 1.29 is 4.74 Å². The van der Waals surface area contributed by atoms with E-state index in [0.717, 1.165) is 18.1 Å². The van der Waals surface area contributed by atoms with Gasteiger partial charge in [-0.3, -0.25) is 4.90 Å². The molecule has 4 rings (SSSR count). The van der Waals surface area contributed by atoms with Gasteiger partial charge in [0.1, 0.15) is 0 Å². The van der Waals surface area contributed by atoms with E-state index in [-0.39, 0.29) is 0 Å². The SMILES string of the molecule is C1CC(NC2CC2)CN(C2CC3CCC2O3)C1. The van der Waals surface area contributed by atoms with Gasteiger partial charge in [-0.2, -0.15) is 0 Å². The first-order chi connectivity index (χ1) is 8.38. The van der Waals surface area contributed by atoms with Crippen molar-refractivity contribution in [3.05, 3.63) is 0 Å². The number of nitrogens with zero attached hydrogens (tertiary/aromatic N) is 1. The van der Waals surface area contributed by atoms with Crippen LogP contribution in [-0.4, -0.2) is 48.3 Å². The number of hydrogen-bond acceptors (Lipinski definition) is 3. The molecule has 4 fully saturated rings. The van der Waals surface area contributed by atoms with Crippen LogP contribution in [-0.2, 0) is 4.74 Å². The Morgan fingerprint density at radius 1 is 1.00 bits per heavy atom. The molecule has 0 radical (unpaired) electrons. The molecule has 0 aromatic rings. The molecule has 3 heterocycles. The van der Waals surface area contributed by atoms with Gasteiger partial charge in [-0.15, -0.1) is 0 Å². The highest BCUT2D eigenvalue weighted by atomic mass is 16.5. The van der Waals surface area contributed by atoms with Gasteiger partial charge in [0, 0.05) is 24.7 Å². The first-order valence-corrected chi connectivity index (χ1v) is 7.54. The summed E-state index contributed by atoms with van der Waals surface area (Å²) in [6, 6.07) is 2.36. The average Bonchev–Trinajstić information content (AvgIpc) is 2.92. The lowest BCUT2D eigenvalue weighted by atomic mass is 9.92. The van der Waals surface area contributed by atoms with Gasteiger partial charge in [-0.25, -0.2) is 0 Å². The lowest BCUT2D eigenvalue weighted by Gasteiger charge is -2.39. The third kappa shape index (κ3) is 2.13. The average molecular weight is 236 g/mol. The number of piperidine rings is 1. The van der Waals surface area contributed by atoms with Crippen LogP contribution in [0.5, 0.6) is 0 Å². The molecule has 0 aromatic carbocycles. The fraction of sp³-hybridized carbons (Fsp3) is 1.00. The van der Waals surface area contributed by atoms with E-state index in [4.69, 9.17) is 4.74 Å². The lowest BCUT2D eigenvalue weighted by molar-refractivity contribution is 0.0564. The number of likely N-dealkylation sites (tertiary alicyclic amines) is 1. The molecule has 0 amide bonds. The number of fused-ring (bicyclic) bond motifs is 2. The molecule has 4 atom stereocenters. The van der Waals surface area contributed by atoms with Gasteiger partial charge in [0.2, 0.25) is 0 Å². The molecule has 0 spiro atoms. The van der Waals surface area contributed by atoms with Gasteiger partial charge in [0.25, 0.3) is 0 Å². The zero-order valence-corrected chi connectivity index (χ0v) is 10.6. The molecule has 3 aliphatic heterocycles. The van der Waals surface area contributed by atoms with Crippen LogP contribution in [0.3, 0.4) is 0 Å². The quantitative estimate of drug-likeness (QED) is 0.804. The highest BCUT2D eigenvalue weighted by Crippen LogP contribution is 2.38. The van der Waals surface area contributed by atoms with Gasteiger partial charge in [-0.05, 0) is 51.5 Å². The second kappa shape index (κ2) is 4.22. The normalized spacial score (nSPS) is 46.6. The van der Waals surface area contributed by atoms with Crippen molar-refractivity contribution in [2.24, 2.45) is 0 Å². The van der Waals surface area contributed by atoms with Crippen LogP contribution in [0.2, 0.25) is 0 Å². The molecule has 0 aromatic heterocycles. The van der Waals surface area contributed by atoms with Crippen molar-refractivity contribution in [3.8, 4) is 0 Å². The predicted molar refractivity (Wildman–Crippen MR) is 67.1 cm³/mol. The van der Waals surface area contributed by atoms with E-state index < -0.39 is 0 Å². The third-order valence-electron chi connectivity index (χ3n) is 5.04. The minimum absolute atomic E-state index is 0.569. The second-order valence-electron chi connectivity index (χ2n) is 6.45. The van der Waals surface area contributed by atoms with Crippen LogP contribution < -0.4 is 5.32 Å². The highest BCUT2D eigenvalue weighted by molar-refractivity contribution is 4.98. The van der Waals surface area contributed by atoms with Crippen molar-refractivity contribution in [1.29, 1.82) is 0 Å². The molecule has 2 bridgehead atoms. The Labute approximate surface area is 104 Å². The number of nitrogens with one attached hydrogen (secondary N) is 1. The van der Waals surface area contributed by atoms with Gasteiger partial charge in [0.15, 0.2) is 0 Å². The molecule has 3 heteroatoms. The lowest BCUT2D eigenvalue weighted by Crippen LogP contribution is -2.52. The molecule has 4 unspecified atom stereocenters. The summed E-state index contributed by atoms with van der Waals surface area (Å²) in [5.41, 5.74) is 0. The summed E-state index contributed by atoms with van der Waals surface area (Å²) in [5, 5.41) is 3.81. The van der Waals surface area contributed by atoms with E-state index in [1.54, 1.807) is 0 Å². The minimum Gasteiger partial charge on any atom is -0.373 e. The van der Waals surface area contributed by atoms with Crippen molar-refractivity contribution in [1.82, 2.24) is 10.2 Å². The summed E-state index contributed by atoms with van der Waals surface area (Å²) in [7, 11) is 0. The molecule has 17 heavy (non-hydrogen) atoms. The van der Waals surface area contributed by atoms with E-state index in [0.29, 0.717) is 12.2 Å². The zero-order valence-electron chi connectivity index (χ0n) is 10.6. The van der Waals surface area contributed by atoms with E-state index >= 15 is 0 Å². The zero-order chi connectivity index (χ0) is 11.2. The Morgan fingerprint density at radius 3 is 2.65 bits per heavy atom. The minimum atomic E-state index is 0.569. The smallest absolute Gasteiger partial charge is 0.0735 e. The molecular weight excluding hydrogens is 212 g/mol. The summed E-state index contributed by atoms with van der Waals surface area (Å²) in [6.07, 6.45) is 10.7. The number of ether oxygens (including phenoxy) is 1. The number of rotatable bonds is 3. The molecule has 96 valence electrons. The van der Waals surface area contributed by atoms with Crippen LogP contribution in [0.25, 0.3) is 0 Å². The fourth-order valence-corrected chi connectivity index (χ4v) is 4.02. The van der Waals surface area contributed by atoms with E-state index in [9.17, 15) is 0 Å². The van der Waals surface area contributed by atoms with E-state index in [1.165, 1.54) is 58.0 Å². The summed E-state index contributed by atoms with van der Waals surface area (Å²) in [5.74, 6) is 0. The van der Waals surface area contributed by atoms with Crippen LogP contribution in [0.15, 0.2) is 0 Å². The maximum absolute atomic E-state index is 6.00. The Balaban J connectivity index is 1.37. The van der Waals surface area contributed by atoms with Crippen LogP contribution in [0.4, 0.5) is 0 Å². The van der Waals surface area contributed by atoms with Gasteiger partial charge >= 0.3 is 0 Å². The summed E-state index contributed by atoms with van der Waals surface area (Å²) in [4.78, 5) is 2.73. The van der Waals surface area contributed by atoms with Crippen molar-refractivity contribution >= 4 is 0 Å². The topological polar surface area (TPSA) is 24.5 Å². The summed E-state index contributed by atoms with van der Waals surface area (Å²) in [6.45, 7) is 2.58. The Kier molecular flexibility index (Phi) is 2.67. The summed E-state index contributed by atoms with van der Waals surface area (Å²) >= 11 is 0. The molecule has 1 N–H and O–H groups in total. The standard InChI is InChI=1S/C14H24N2O/c1-2-11(15-10-3-4-10)9-16(7-1)13-8-12-5-6-14(13)17-12/h10-15H,1-9H2. The Bertz CT molecular complexity index is 292. The largest absolute Gasteiger partial charge is 0.373 e. The monoisotopic (exact) mass is 236 g/mol. The number of hydrogen-bond donors (Lipinski definition) is 1. The second-order valence-corrected chi connectivity index (χ2v) is 6.45. The van der Waals surface area contributed by atoms with Crippen molar-refractivity contribution in [3.63, 3.8) is 0 Å². The van der Waals surface area contributed by atoms with Gasteiger partial charge < -0.3 is 10.1 Å². The fourth-order valence-electron chi connectivity index (χ4n) is 4.02. The Hall–Kier alpha value is -0.120. The van der Waals surface area contributed by atoms with Crippen LogP contribution >= 0.6 is 0 Å². The molecule has 1 saturated carbocycles. The van der Waals surface area contributed by atoms with Crippen LogP contribution in [0, 0.1) is 0 Å². The molecule has 3 saturated heterocycles. The molecular formula is C14H24N2O. The third-order valence-corrected chi connectivity index (χ3v) is 5.04. The summed E-state index contributed by atoms with van der Waals surface area (Å²) < 4.78 is 6.00. The maximum atomic E-state index is 6.00. The van der Waals surface area contributed by atoms with Gasteiger partial charge in [0.05, 0.1) is 12.2 Å². The van der Waals surface area contributed by atoms with E-state index in [2.05, 4.69) is 10.2 Å². The first-order valence-electron chi connectivity index (χ1n) is 7.54. The van der Waals surface area contributed by atoms with E-state index in [1.807, 2.05) is 0 Å². The highest BCUT2D eigenvalue weighted by Gasteiger charge is 2.44. The first kappa shape index (κ1) is 10.8. The maximum Gasteiger partial charge on any atom is 0.0735 e. The molecule has 4 aliphatic rings. The molecule has 3 nitrogen and oxygen atoms in total. The van der Waals surface area contributed by atoms with Crippen LogP contribution in [0.1, 0.15) is 44.9 Å². The Morgan fingerprint density at radius 2 is 1.94 bits per heavy atom. The van der Waals surface area contributed by atoms with Gasteiger partial charge in [-0.1, -0.05) is 0 Å². The van der Waals surface area contributed by atoms with Crippen molar-refractivity contribution in [2.75, 3.05) is 13.1 Å². The van der Waals surface area contributed by atoms with Crippen molar-refractivity contribution in [2.45, 2.75) is 75.3 Å². The molecule has 1 aliphatic carbocycles. The predicted octanol–water partition coefficient (Wildman–Crippen LogP) is 1.52.